The number of carbonyl (C=O) groups excluding carboxylic acids is 1. The Morgan fingerprint density at radius 1 is 1.33 bits per heavy atom. The van der Waals surface area contributed by atoms with Crippen LogP contribution in [0.2, 0.25) is 0 Å². The Bertz CT molecular complexity index is 404. The number of anilines is 1. The third kappa shape index (κ3) is 4.84. The van der Waals surface area contributed by atoms with Crippen LogP contribution in [-0.2, 0) is 4.79 Å². The molecule has 0 bridgehead atoms. The van der Waals surface area contributed by atoms with Crippen molar-refractivity contribution < 1.29 is 4.79 Å². The number of amides is 1. The lowest BCUT2D eigenvalue weighted by molar-refractivity contribution is -0.119. The summed E-state index contributed by atoms with van der Waals surface area (Å²) in [7, 11) is 0. The number of benzene rings is 1. The summed E-state index contributed by atoms with van der Waals surface area (Å²) in [5.41, 5.74) is 6.42. The molecule has 0 aliphatic heterocycles. The van der Waals surface area contributed by atoms with Gasteiger partial charge in [-0.25, -0.2) is 0 Å². The van der Waals surface area contributed by atoms with Crippen molar-refractivity contribution in [3.63, 3.8) is 0 Å². The fourth-order valence-electron chi connectivity index (χ4n) is 1.69. The van der Waals surface area contributed by atoms with E-state index in [-0.39, 0.29) is 5.91 Å². The highest BCUT2D eigenvalue weighted by molar-refractivity contribution is 7.80. The second-order valence-corrected chi connectivity index (χ2v) is 5.22. The number of thiocarbonyl (C=S) groups is 1. The van der Waals surface area contributed by atoms with Crippen LogP contribution >= 0.6 is 12.2 Å². The molecule has 0 unspecified atom stereocenters. The van der Waals surface area contributed by atoms with Gasteiger partial charge < -0.3 is 10.6 Å². The predicted octanol–water partition coefficient (Wildman–Crippen LogP) is 2.74. The quantitative estimate of drug-likeness (QED) is 0.804. The molecule has 0 aliphatic carbocycles. The van der Waals surface area contributed by atoms with Crippen LogP contribution in [0.15, 0.2) is 30.3 Å². The van der Waals surface area contributed by atoms with Crippen molar-refractivity contribution in [2.75, 3.05) is 11.4 Å². The van der Waals surface area contributed by atoms with Gasteiger partial charge in [0, 0.05) is 25.1 Å². The summed E-state index contributed by atoms with van der Waals surface area (Å²) >= 11 is 4.88. The van der Waals surface area contributed by atoms with Crippen molar-refractivity contribution in [3.8, 4) is 0 Å². The van der Waals surface area contributed by atoms with Gasteiger partial charge in [-0.3, -0.25) is 4.79 Å². The van der Waals surface area contributed by atoms with Crippen molar-refractivity contribution in [3.05, 3.63) is 30.3 Å². The Labute approximate surface area is 114 Å². The number of nitrogens with two attached hydrogens (primary N) is 1. The molecule has 0 fully saturated rings. The maximum Gasteiger partial charge on any atom is 0.227 e. The molecule has 18 heavy (non-hydrogen) atoms. The molecule has 0 atom stereocenters. The van der Waals surface area contributed by atoms with Gasteiger partial charge in [0.05, 0.1) is 4.99 Å². The molecular formula is C14H20N2OS. The fraction of sp³-hybridized carbons (Fsp3) is 0.429. The van der Waals surface area contributed by atoms with E-state index in [1.54, 1.807) is 4.90 Å². The first kappa shape index (κ1) is 14.6. The van der Waals surface area contributed by atoms with Crippen LogP contribution in [0.1, 0.15) is 26.7 Å². The molecule has 1 aromatic rings. The van der Waals surface area contributed by atoms with Gasteiger partial charge >= 0.3 is 0 Å². The van der Waals surface area contributed by atoms with Crippen molar-refractivity contribution in [2.45, 2.75) is 26.7 Å². The Balaban J connectivity index is 2.81. The van der Waals surface area contributed by atoms with Gasteiger partial charge in [0.2, 0.25) is 5.91 Å². The van der Waals surface area contributed by atoms with Gasteiger partial charge in [0.15, 0.2) is 0 Å². The molecule has 4 heteroatoms. The van der Waals surface area contributed by atoms with Crippen LogP contribution < -0.4 is 10.6 Å². The van der Waals surface area contributed by atoms with Gasteiger partial charge in [-0.1, -0.05) is 44.3 Å². The summed E-state index contributed by atoms with van der Waals surface area (Å²) in [6.07, 6.45) is 1.08. The summed E-state index contributed by atoms with van der Waals surface area (Å²) < 4.78 is 0. The Morgan fingerprint density at radius 3 is 2.44 bits per heavy atom. The minimum absolute atomic E-state index is 0.118. The third-order valence-electron chi connectivity index (χ3n) is 2.53. The normalized spacial score (nSPS) is 10.4. The highest BCUT2D eigenvalue weighted by atomic mass is 32.1. The van der Waals surface area contributed by atoms with E-state index in [2.05, 4.69) is 0 Å². The summed E-state index contributed by atoms with van der Waals surface area (Å²) in [6.45, 7) is 4.62. The second kappa shape index (κ2) is 7.11. The molecule has 0 saturated heterocycles. The maximum atomic E-state index is 12.2. The number of hydrogen-bond donors (Lipinski definition) is 1. The van der Waals surface area contributed by atoms with Gasteiger partial charge in [0.1, 0.15) is 0 Å². The maximum absolute atomic E-state index is 12.2. The molecule has 0 radical (unpaired) electrons. The minimum Gasteiger partial charge on any atom is -0.393 e. The average Bonchev–Trinajstić information content (AvgIpc) is 2.29. The van der Waals surface area contributed by atoms with E-state index in [9.17, 15) is 4.79 Å². The van der Waals surface area contributed by atoms with Crippen LogP contribution in [0, 0.1) is 5.92 Å². The molecule has 1 rings (SSSR count). The van der Waals surface area contributed by atoms with Crippen molar-refractivity contribution in [1.29, 1.82) is 0 Å². The molecule has 2 N–H and O–H groups in total. The molecule has 1 aromatic carbocycles. The standard InChI is InChI=1S/C14H20N2OS/c1-11(2)10-14(17)16(9-8-13(15)18)12-6-4-3-5-7-12/h3-7,11H,8-10H2,1-2H3,(H2,15,18). The number of rotatable bonds is 6. The zero-order valence-electron chi connectivity index (χ0n) is 10.9. The molecule has 0 heterocycles. The molecule has 0 aromatic heterocycles. The van der Waals surface area contributed by atoms with E-state index < -0.39 is 0 Å². The first-order valence-electron chi connectivity index (χ1n) is 6.14. The first-order valence-corrected chi connectivity index (χ1v) is 6.55. The Hall–Kier alpha value is -1.42. The Kier molecular flexibility index (Phi) is 5.78. The van der Waals surface area contributed by atoms with Gasteiger partial charge in [0.25, 0.3) is 0 Å². The Morgan fingerprint density at radius 2 is 1.94 bits per heavy atom. The third-order valence-corrected chi connectivity index (χ3v) is 2.74. The van der Waals surface area contributed by atoms with Gasteiger partial charge in [-0.2, -0.15) is 0 Å². The lowest BCUT2D eigenvalue weighted by atomic mass is 10.1. The predicted molar refractivity (Wildman–Crippen MR) is 79.7 cm³/mol. The van der Waals surface area contributed by atoms with E-state index in [1.165, 1.54) is 0 Å². The van der Waals surface area contributed by atoms with E-state index in [1.807, 2.05) is 44.2 Å². The zero-order valence-corrected chi connectivity index (χ0v) is 11.7. The number of para-hydroxylation sites is 1. The lowest BCUT2D eigenvalue weighted by Crippen LogP contribution is -2.34. The molecule has 3 nitrogen and oxygen atoms in total. The van der Waals surface area contributed by atoms with Crippen LogP contribution in [0.4, 0.5) is 5.69 Å². The summed E-state index contributed by atoms with van der Waals surface area (Å²) in [5.74, 6) is 0.459. The molecule has 98 valence electrons. The van der Waals surface area contributed by atoms with Gasteiger partial charge in [-0.15, -0.1) is 0 Å². The van der Waals surface area contributed by atoms with Gasteiger partial charge in [-0.05, 0) is 18.1 Å². The van der Waals surface area contributed by atoms with E-state index >= 15 is 0 Å². The van der Waals surface area contributed by atoms with Crippen LogP contribution in [0.3, 0.4) is 0 Å². The van der Waals surface area contributed by atoms with Crippen molar-refractivity contribution in [1.82, 2.24) is 0 Å². The molecule has 0 aliphatic rings. The van der Waals surface area contributed by atoms with Crippen LogP contribution in [-0.4, -0.2) is 17.4 Å². The van der Waals surface area contributed by atoms with Crippen LogP contribution in [0.5, 0.6) is 0 Å². The summed E-state index contributed by atoms with van der Waals surface area (Å²) in [6, 6.07) is 9.63. The molecule has 0 saturated carbocycles. The van der Waals surface area contributed by atoms with Crippen molar-refractivity contribution >= 4 is 28.8 Å². The number of carbonyl (C=O) groups is 1. The number of hydrogen-bond acceptors (Lipinski definition) is 2. The zero-order chi connectivity index (χ0) is 13.5. The summed E-state index contributed by atoms with van der Waals surface area (Å²) in [4.78, 5) is 14.4. The van der Waals surface area contributed by atoms with E-state index in [0.717, 1.165) is 5.69 Å². The average molecular weight is 264 g/mol. The SMILES string of the molecule is CC(C)CC(=O)N(CCC(N)=S)c1ccccc1. The second-order valence-electron chi connectivity index (χ2n) is 4.70. The summed E-state index contributed by atoms with van der Waals surface area (Å²) in [5, 5.41) is 0. The molecular weight excluding hydrogens is 244 g/mol. The van der Waals surface area contributed by atoms with E-state index in [4.69, 9.17) is 18.0 Å². The minimum atomic E-state index is 0.118. The topological polar surface area (TPSA) is 46.3 Å². The van der Waals surface area contributed by atoms with Crippen LogP contribution in [0.25, 0.3) is 0 Å². The fourth-order valence-corrected chi connectivity index (χ4v) is 1.78. The molecule has 1 amide bonds. The smallest absolute Gasteiger partial charge is 0.227 e. The lowest BCUT2D eigenvalue weighted by Gasteiger charge is -2.23. The highest BCUT2D eigenvalue weighted by Crippen LogP contribution is 2.16. The highest BCUT2D eigenvalue weighted by Gasteiger charge is 2.16. The van der Waals surface area contributed by atoms with E-state index in [0.29, 0.717) is 30.3 Å². The largest absolute Gasteiger partial charge is 0.393 e. The number of nitrogens with zero attached hydrogens (tertiary/aromatic N) is 1. The van der Waals surface area contributed by atoms with Crippen molar-refractivity contribution in [2.24, 2.45) is 11.7 Å². The first-order chi connectivity index (χ1) is 8.50. The monoisotopic (exact) mass is 264 g/mol. The molecule has 0 spiro atoms.